The molecular weight excluding hydrogens is 388 g/mol. The molecule has 5 rings (SSSR count). The molecule has 4 heterocycles. The van der Waals surface area contributed by atoms with Crippen LogP contribution >= 0.6 is 11.3 Å². The molecule has 3 aromatic heterocycles. The van der Waals surface area contributed by atoms with Crippen molar-refractivity contribution in [3.63, 3.8) is 0 Å². The van der Waals surface area contributed by atoms with Crippen molar-refractivity contribution in [2.75, 3.05) is 25.9 Å². The maximum atomic E-state index is 6.24. The summed E-state index contributed by atoms with van der Waals surface area (Å²) in [5.74, 6) is 3.28. The van der Waals surface area contributed by atoms with Crippen molar-refractivity contribution in [1.82, 2.24) is 25.0 Å². The van der Waals surface area contributed by atoms with Crippen molar-refractivity contribution in [2.24, 2.45) is 0 Å². The van der Waals surface area contributed by atoms with E-state index >= 15 is 0 Å². The van der Waals surface area contributed by atoms with Gasteiger partial charge in [-0.2, -0.15) is 4.98 Å². The summed E-state index contributed by atoms with van der Waals surface area (Å²) in [6.45, 7) is 6.54. The van der Waals surface area contributed by atoms with Crippen LogP contribution in [0.2, 0.25) is 0 Å². The van der Waals surface area contributed by atoms with Crippen molar-refractivity contribution in [3.8, 4) is 0 Å². The van der Waals surface area contributed by atoms with Crippen LogP contribution in [0.25, 0.3) is 10.2 Å². The molecule has 1 aliphatic carbocycles. The van der Waals surface area contributed by atoms with E-state index in [0.717, 1.165) is 60.6 Å². The van der Waals surface area contributed by atoms with Crippen LogP contribution < -0.4 is 5.73 Å². The van der Waals surface area contributed by atoms with Crippen LogP contribution in [0.4, 0.5) is 5.82 Å². The third-order valence-corrected chi connectivity index (χ3v) is 7.40. The second kappa shape index (κ2) is 7.00. The molecule has 0 amide bonds. The van der Waals surface area contributed by atoms with E-state index in [2.05, 4.69) is 33.9 Å². The summed E-state index contributed by atoms with van der Waals surface area (Å²) >= 11 is 1.68. The zero-order valence-electron chi connectivity index (χ0n) is 17.1. The second-order valence-electron chi connectivity index (χ2n) is 8.20. The normalized spacial score (nSPS) is 19.8. The van der Waals surface area contributed by atoms with E-state index in [4.69, 9.17) is 20.0 Å². The van der Waals surface area contributed by atoms with Gasteiger partial charge in [0.25, 0.3) is 5.89 Å². The predicted octanol–water partition coefficient (Wildman–Crippen LogP) is 3.29. The van der Waals surface area contributed by atoms with Gasteiger partial charge in [0.15, 0.2) is 5.82 Å². The summed E-state index contributed by atoms with van der Waals surface area (Å²) in [4.78, 5) is 18.5. The molecule has 9 heteroatoms. The minimum Gasteiger partial charge on any atom is -0.383 e. The van der Waals surface area contributed by atoms with Crippen molar-refractivity contribution in [1.29, 1.82) is 0 Å². The molecular formula is C20H26N6O2S. The Morgan fingerprint density at radius 1 is 1.21 bits per heavy atom. The number of rotatable bonds is 5. The topological polar surface area (TPSA) is 103 Å². The summed E-state index contributed by atoms with van der Waals surface area (Å²) in [7, 11) is 1.73. The maximum Gasteiger partial charge on any atom is 0.258 e. The van der Waals surface area contributed by atoms with Crippen LogP contribution in [0.5, 0.6) is 0 Å². The molecule has 0 unspecified atom stereocenters. The molecule has 0 radical (unpaired) electrons. The number of aryl methyl sites for hydroxylation is 2. The molecule has 0 bridgehead atoms. The monoisotopic (exact) mass is 414 g/mol. The van der Waals surface area contributed by atoms with Crippen LogP contribution in [0.3, 0.4) is 0 Å². The molecule has 8 nitrogen and oxygen atoms in total. The van der Waals surface area contributed by atoms with Gasteiger partial charge < -0.3 is 15.0 Å². The summed E-state index contributed by atoms with van der Waals surface area (Å²) in [5, 5.41) is 5.16. The van der Waals surface area contributed by atoms with Gasteiger partial charge in [0, 0.05) is 31.0 Å². The number of piperidine rings is 1. The third kappa shape index (κ3) is 3.31. The predicted molar refractivity (Wildman–Crippen MR) is 111 cm³/mol. The number of methoxy groups -OCH3 is 1. The lowest BCUT2D eigenvalue weighted by atomic mass is 9.91. The Morgan fingerprint density at radius 3 is 2.66 bits per heavy atom. The van der Waals surface area contributed by atoms with E-state index < -0.39 is 5.60 Å². The van der Waals surface area contributed by atoms with E-state index in [0.29, 0.717) is 24.2 Å². The highest BCUT2D eigenvalue weighted by Crippen LogP contribution is 2.41. The lowest BCUT2D eigenvalue weighted by Crippen LogP contribution is -2.43. The Bertz CT molecular complexity index is 1050. The molecule has 3 aromatic rings. The van der Waals surface area contributed by atoms with Gasteiger partial charge in [-0.25, -0.2) is 9.97 Å². The van der Waals surface area contributed by atoms with Crippen molar-refractivity contribution < 1.29 is 9.26 Å². The number of hydrogen-bond acceptors (Lipinski definition) is 9. The highest BCUT2D eigenvalue weighted by atomic mass is 32.1. The fourth-order valence-electron chi connectivity index (χ4n) is 4.10. The number of hydrogen-bond donors (Lipinski definition) is 1. The number of ether oxygens (including phenoxy) is 1. The highest BCUT2D eigenvalue weighted by Gasteiger charge is 2.42. The zero-order valence-corrected chi connectivity index (χ0v) is 17.9. The van der Waals surface area contributed by atoms with Crippen molar-refractivity contribution in [2.45, 2.75) is 57.6 Å². The fraction of sp³-hybridized carbons (Fsp3) is 0.600. The number of aromatic nitrogens is 4. The Kier molecular flexibility index (Phi) is 4.56. The molecule has 2 N–H and O–H groups in total. The minimum absolute atomic E-state index is 0.476. The van der Waals surface area contributed by atoms with E-state index in [1.807, 2.05) is 0 Å². The van der Waals surface area contributed by atoms with Gasteiger partial charge >= 0.3 is 0 Å². The lowest BCUT2D eigenvalue weighted by molar-refractivity contribution is -0.0841. The SMILES string of the molecule is COC1(c2nc(C3CC3)no2)CCN(Cc2nc(N)c3c(C)c(C)sc3n2)CC1. The molecule has 154 valence electrons. The fourth-order valence-corrected chi connectivity index (χ4v) is 5.16. The third-order valence-electron chi connectivity index (χ3n) is 6.30. The first-order valence-corrected chi connectivity index (χ1v) is 10.9. The van der Waals surface area contributed by atoms with Gasteiger partial charge in [0.1, 0.15) is 22.1 Å². The van der Waals surface area contributed by atoms with Gasteiger partial charge in [-0.3, -0.25) is 4.90 Å². The van der Waals surface area contributed by atoms with Gasteiger partial charge in [-0.15, -0.1) is 11.3 Å². The minimum atomic E-state index is -0.498. The second-order valence-corrected chi connectivity index (χ2v) is 9.40. The molecule has 0 atom stereocenters. The molecule has 1 aliphatic heterocycles. The first kappa shape index (κ1) is 18.9. The Hall–Kier alpha value is -2.10. The first-order chi connectivity index (χ1) is 14.0. The summed E-state index contributed by atoms with van der Waals surface area (Å²) in [6.07, 6.45) is 3.91. The number of fused-ring (bicyclic) bond motifs is 1. The van der Waals surface area contributed by atoms with Crippen LogP contribution in [-0.2, 0) is 16.9 Å². The van der Waals surface area contributed by atoms with E-state index in [1.54, 1.807) is 18.4 Å². The number of nitrogen functional groups attached to an aromatic ring is 1. The number of likely N-dealkylation sites (tertiary alicyclic amines) is 1. The van der Waals surface area contributed by atoms with Gasteiger partial charge in [0.2, 0.25) is 0 Å². The molecule has 2 aliphatic rings. The molecule has 1 saturated heterocycles. The number of nitrogens with two attached hydrogens (primary N) is 1. The standard InChI is InChI=1S/C20H26N6O2S/c1-11-12(2)29-18-15(11)16(21)22-14(23-18)10-26-8-6-20(27-3,7-9-26)19-24-17(25-28-19)13-4-5-13/h13H,4-10H2,1-3H3,(H2,21,22,23). The smallest absolute Gasteiger partial charge is 0.258 e. The maximum absolute atomic E-state index is 6.24. The van der Waals surface area contributed by atoms with Gasteiger partial charge in [-0.1, -0.05) is 5.16 Å². The summed E-state index contributed by atoms with van der Waals surface area (Å²) < 4.78 is 11.5. The van der Waals surface area contributed by atoms with E-state index in [1.165, 1.54) is 10.4 Å². The first-order valence-electron chi connectivity index (χ1n) is 10.1. The average molecular weight is 415 g/mol. The van der Waals surface area contributed by atoms with E-state index in [9.17, 15) is 0 Å². The molecule has 0 spiro atoms. The van der Waals surface area contributed by atoms with Crippen LogP contribution in [0, 0.1) is 13.8 Å². The molecule has 29 heavy (non-hydrogen) atoms. The van der Waals surface area contributed by atoms with E-state index in [-0.39, 0.29) is 0 Å². The van der Waals surface area contributed by atoms with Crippen LogP contribution in [0.1, 0.15) is 59.6 Å². The summed E-state index contributed by atoms with van der Waals surface area (Å²) in [5.41, 5.74) is 6.92. The van der Waals surface area contributed by atoms with Gasteiger partial charge in [0.05, 0.1) is 11.9 Å². The summed E-state index contributed by atoms with van der Waals surface area (Å²) in [6, 6.07) is 0. The molecule has 1 saturated carbocycles. The Morgan fingerprint density at radius 2 is 1.97 bits per heavy atom. The van der Waals surface area contributed by atoms with Crippen LogP contribution in [-0.4, -0.2) is 45.2 Å². The number of anilines is 1. The van der Waals surface area contributed by atoms with Gasteiger partial charge in [-0.05, 0) is 45.1 Å². The Balaban J connectivity index is 1.30. The average Bonchev–Trinajstić information content (AvgIpc) is 3.36. The van der Waals surface area contributed by atoms with Crippen LogP contribution in [0.15, 0.2) is 4.52 Å². The number of nitrogens with zero attached hydrogens (tertiary/aromatic N) is 5. The lowest BCUT2D eigenvalue weighted by Gasteiger charge is -2.38. The Labute approximate surface area is 173 Å². The molecule has 2 fully saturated rings. The zero-order chi connectivity index (χ0) is 20.2. The van der Waals surface area contributed by atoms with Crippen molar-refractivity contribution >= 4 is 27.4 Å². The highest BCUT2D eigenvalue weighted by molar-refractivity contribution is 7.18. The number of thiophene rings is 1. The molecule has 0 aromatic carbocycles. The quantitative estimate of drug-likeness (QED) is 0.678. The largest absolute Gasteiger partial charge is 0.383 e. The van der Waals surface area contributed by atoms with Crippen molar-refractivity contribution in [3.05, 3.63) is 28.0 Å².